The number of rotatable bonds is 5. The van der Waals surface area contributed by atoms with Crippen LogP contribution in [0.5, 0.6) is 0 Å². The van der Waals surface area contributed by atoms with Crippen LogP contribution in [0.15, 0.2) is 30.5 Å². The zero-order chi connectivity index (χ0) is 17.4. The van der Waals surface area contributed by atoms with Gasteiger partial charge < -0.3 is 15.2 Å². The van der Waals surface area contributed by atoms with Crippen LogP contribution in [0.1, 0.15) is 44.1 Å². The van der Waals surface area contributed by atoms with E-state index < -0.39 is 5.54 Å². The highest BCUT2D eigenvalue weighted by Crippen LogP contribution is 2.35. The van der Waals surface area contributed by atoms with E-state index in [2.05, 4.69) is 10.3 Å². The van der Waals surface area contributed by atoms with Gasteiger partial charge in [0.05, 0.1) is 6.42 Å². The molecule has 2 N–H and O–H groups in total. The van der Waals surface area contributed by atoms with Crippen LogP contribution in [0.2, 0.25) is 0 Å². The quantitative estimate of drug-likeness (QED) is 0.880. The molecule has 0 spiro atoms. The van der Waals surface area contributed by atoms with Crippen molar-refractivity contribution >= 4 is 22.7 Å². The molecule has 1 aromatic carbocycles. The smallest absolute Gasteiger partial charge is 0.248 e. The molecule has 0 radical (unpaired) electrons. The van der Waals surface area contributed by atoms with Gasteiger partial charge in [0.1, 0.15) is 5.54 Å². The highest BCUT2D eigenvalue weighted by atomic mass is 16.2. The molecule has 2 aliphatic carbocycles. The largest absolute Gasteiger partial charge is 0.361 e. The highest BCUT2D eigenvalue weighted by Gasteiger charge is 2.46. The van der Waals surface area contributed by atoms with Crippen molar-refractivity contribution in [3.8, 4) is 0 Å². The van der Waals surface area contributed by atoms with Gasteiger partial charge in [0.15, 0.2) is 0 Å². The number of carbonyl (C=O) groups excluding carboxylic acids is 2. The monoisotopic (exact) mass is 339 g/mol. The van der Waals surface area contributed by atoms with Crippen LogP contribution in [0.3, 0.4) is 0 Å². The van der Waals surface area contributed by atoms with E-state index in [9.17, 15) is 9.59 Å². The topological polar surface area (TPSA) is 65.2 Å². The lowest BCUT2D eigenvalue weighted by Gasteiger charge is -2.33. The van der Waals surface area contributed by atoms with Crippen molar-refractivity contribution in [1.29, 1.82) is 0 Å². The minimum Gasteiger partial charge on any atom is -0.361 e. The summed E-state index contributed by atoms with van der Waals surface area (Å²) in [6.45, 7) is 0. The molecule has 2 fully saturated rings. The van der Waals surface area contributed by atoms with Gasteiger partial charge >= 0.3 is 0 Å². The molecule has 1 heterocycles. The second kappa shape index (κ2) is 6.21. The van der Waals surface area contributed by atoms with Crippen LogP contribution in [0, 0.1) is 0 Å². The van der Waals surface area contributed by atoms with Crippen LogP contribution in [-0.2, 0) is 16.0 Å². The number of H-pyrrole nitrogens is 1. The van der Waals surface area contributed by atoms with Gasteiger partial charge in [-0.2, -0.15) is 0 Å². The fourth-order valence-electron chi connectivity index (χ4n) is 4.10. The number of aromatic nitrogens is 1. The highest BCUT2D eigenvalue weighted by molar-refractivity contribution is 5.94. The van der Waals surface area contributed by atoms with E-state index >= 15 is 0 Å². The average molecular weight is 339 g/mol. The Hall–Kier alpha value is -2.30. The summed E-state index contributed by atoms with van der Waals surface area (Å²) in [6.07, 6.45) is 7.86. The summed E-state index contributed by atoms with van der Waals surface area (Å²) in [4.78, 5) is 30.8. The zero-order valence-electron chi connectivity index (χ0n) is 14.7. The fourth-order valence-corrected chi connectivity index (χ4v) is 4.10. The number of fused-ring (bicyclic) bond motifs is 1. The van der Waals surface area contributed by atoms with Crippen LogP contribution < -0.4 is 5.32 Å². The van der Waals surface area contributed by atoms with Crippen molar-refractivity contribution in [3.05, 3.63) is 36.0 Å². The molecule has 2 aromatic rings. The van der Waals surface area contributed by atoms with Gasteiger partial charge in [0, 0.05) is 30.2 Å². The lowest BCUT2D eigenvalue weighted by atomic mass is 9.94. The predicted octanol–water partition coefficient (Wildman–Crippen LogP) is 2.76. The Morgan fingerprint density at radius 2 is 1.96 bits per heavy atom. The third-order valence-corrected chi connectivity index (χ3v) is 5.69. The molecule has 2 saturated carbocycles. The minimum atomic E-state index is -0.694. The van der Waals surface area contributed by atoms with Crippen LogP contribution in [0.4, 0.5) is 0 Å². The van der Waals surface area contributed by atoms with E-state index in [4.69, 9.17) is 0 Å². The molecule has 5 heteroatoms. The maximum Gasteiger partial charge on any atom is 0.248 e. The van der Waals surface area contributed by atoms with E-state index in [1.165, 1.54) is 0 Å². The Labute approximate surface area is 147 Å². The van der Waals surface area contributed by atoms with Gasteiger partial charge in [-0.15, -0.1) is 0 Å². The number of benzene rings is 1. The molecule has 0 bridgehead atoms. The Morgan fingerprint density at radius 3 is 2.68 bits per heavy atom. The van der Waals surface area contributed by atoms with Crippen molar-refractivity contribution in [2.24, 2.45) is 0 Å². The number of nitrogens with one attached hydrogen (secondary N) is 2. The number of amides is 2. The molecular weight excluding hydrogens is 314 g/mol. The summed E-state index contributed by atoms with van der Waals surface area (Å²) >= 11 is 0. The maximum absolute atomic E-state index is 13.0. The molecule has 0 atom stereocenters. The van der Waals surface area contributed by atoms with E-state index in [1.807, 2.05) is 42.4 Å². The molecule has 1 aromatic heterocycles. The number of hydrogen-bond acceptors (Lipinski definition) is 2. The van der Waals surface area contributed by atoms with Gasteiger partial charge in [0.2, 0.25) is 11.8 Å². The number of carbonyl (C=O) groups is 2. The van der Waals surface area contributed by atoms with Crippen molar-refractivity contribution in [2.75, 3.05) is 7.05 Å². The van der Waals surface area contributed by atoms with E-state index in [0.29, 0.717) is 12.5 Å². The summed E-state index contributed by atoms with van der Waals surface area (Å²) in [5.74, 6) is 0.0315. The summed E-state index contributed by atoms with van der Waals surface area (Å²) in [6, 6.07) is 8.34. The van der Waals surface area contributed by atoms with Gasteiger partial charge in [-0.25, -0.2) is 0 Å². The Bertz CT molecular complexity index is 800. The lowest BCUT2D eigenvalue weighted by Crippen LogP contribution is -2.58. The summed E-state index contributed by atoms with van der Waals surface area (Å²) in [5.41, 5.74) is 1.32. The molecule has 2 aliphatic rings. The summed E-state index contributed by atoms with van der Waals surface area (Å²) in [7, 11) is 1.88. The molecule has 25 heavy (non-hydrogen) atoms. The van der Waals surface area contributed by atoms with Crippen LogP contribution in [-0.4, -0.2) is 40.3 Å². The van der Waals surface area contributed by atoms with E-state index in [-0.39, 0.29) is 11.8 Å². The number of nitrogens with zero attached hydrogens (tertiary/aromatic N) is 1. The SMILES string of the molecule is CN(C(=O)C1(NC(=O)Cc2c[nH]c3ccccc23)CCCC1)C1CC1. The first kappa shape index (κ1) is 16.2. The van der Waals surface area contributed by atoms with Gasteiger partial charge in [-0.05, 0) is 37.3 Å². The van der Waals surface area contributed by atoms with Crippen molar-refractivity contribution in [2.45, 2.75) is 56.5 Å². The standard InChI is InChI=1S/C20H25N3O2/c1-23(15-8-9-15)19(25)20(10-4-5-11-20)22-18(24)12-14-13-21-17-7-3-2-6-16(14)17/h2-3,6-7,13,15,21H,4-5,8-12H2,1H3,(H,22,24). The second-order valence-corrected chi connectivity index (χ2v) is 7.52. The molecular formula is C20H25N3O2. The first-order valence-electron chi connectivity index (χ1n) is 9.22. The first-order chi connectivity index (χ1) is 12.1. The maximum atomic E-state index is 13.0. The fraction of sp³-hybridized carbons (Fsp3) is 0.500. The predicted molar refractivity (Wildman–Crippen MR) is 97.1 cm³/mol. The molecule has 2 amide bonds. The number of likely N-dealkylation sites (N-methyl/N-ethyl adjacent to an activating group) is 1. The zero-order valence-corrected chi connectivity index (χ0v) is 14.7. The number of para-hydroxylation sites is 1. The van der Waals surface area contributed by atoms with Crippen LogP contribution in [0.25, 0.3) is 10.9 Å². The van der Waals surface area contributed by atoms with E-state index in [0.717, 1.165) is 55.0 Å². The van der Waals surface area contributed by atoms with Gasteiger partial charge in [0.25, 0.3) is 0 Å². The Balaban J connectivity index is 1.50. The average Bonchev–Trinajstić information content (AvgIpc) is 3.24. The van der Waals surface area contributed by atoms with Crippen molar-refractivity contribution < 1.29 is 9.59 Å². The molecule has 0 aliphatic heterocycles. The van der Waals surface area contributed by atoms with Crippen molar-refractivity contribution in [3.63, 3.8) is 0 Å². The summed E-state index contributed by atoms with van der Waals surface area (Å²) < 4.78 is 0. The van der Waals surface area contributed by atoms with E-state index in [1.54, 1.807) is 0 Å². The summed E-state index contributed by atoms with van der Waals surface area (Å²) in [5, 5.41) is 4.18. The Kier molecular flexibility index (Phi) is 4.02. The third kappa shape index (κ3) is 3.03. The third-order valence-electron chi connectivity index (χ3n) is 5.69. The molecule has 132 valence electrons. The number of hydrogen-bond donors (Lipinski definition) is 2. The van der Waals surface area contributed by atoms with Crippen molar-refractivity contribution in [1.82, 2.24) is 15.2 Å². The first-order valence-corrected chi connectivity index (χ1v) is 9.22. The van der Waals surface area contributed by atoms with Crippen LogP contribution >= 0.6 is 0 Å². The minimum absolute atomic E-state index is 0.0656. The van der Waals surface area contributed by atoms with Gasteiger partial charge in [-0.3, -0.25) is 9.59 Å². The molecule has 0 unspecified atom stereocenters. The molecule has 5 nitrogen and oxygen atoms in total. The second-order valence-electron chi connectivity index (χ2n) is 7.52. The molecule has 0 saturated heterocycles. The van der Waals surface area contributed by atoms with Gasteiger partial charge in [-0.1, -0.05) is 31.0 Å². The molecule has 4 rings (SSSR count). The Morgan fingerprint density at radius 1 is 1.24 bits per heavy atom. The number of aromatic amines is 1. The normalized spacial score (nSPS) is 19.1. The lowest BCUT2D eigenvalue weighted by molar-refractivity contribution is -0.140.